The highest BCUT2D eigenvalue weighted by Gasteiger charge is 2.30. The molecule has 0 aromatic heterocycles. The number of nitrogens with one attached hydrogen (secondary N) is 1. The number of carbonyl (C=O) groups is 1. The first-order chi connectivity index (χ1) is 11.0. The smallest absolute Gasteiger partial charge is 0.335 e. The van der Waals surface area contributed by atoms with Crippen LogP contribution in [0.1, 0.15) is 49.5 Å². The van der Waals surface area contributed by atoms with Crippen molar-refractivity contribution in [2.45, 2.75) is 57.0 Å². The van der Waals surface area contributed by atoms with Crippen LogP contribution in [0.15, 0.2) is 23.1 Å². The maximum atomic E-state index is 12.7. The van der Waals surface area contributed by atoms with Gasteiger partial charge in [0.25, 0.3) is 0 Å². The minimum atomic E-state index is -3.73. The highest BCUT2D eigenvalue weighted by molar-refractivity contribution is 7.89. The third kappa shape index (κ3) is 4.15. The second-order valence-corrected chi connectivity index (χ2v) is 8.97. The predicted octanol–water partition coefficient (Wildman–Crippen LogP) is 2.23. The maximum Gasteiger partial charge on any atom is 0.335 e. The first-order valence-corrected chi connectivity index (χ1v) is 9.61. The molecule has 24 heavy (non-hydrogen) atoms. The summed E-state index contributed by atoms with van der Waals surface area (Å²) in [6, 6.07) is 4.21. The van der Waals surface area contributed by atoms with Gasteiger partial charge in [0.2, 0.25) is 10.0 Å². The Morgan fingerprint density at radius 2 is 1.83 bits per heavy atom. The van der Waals surface area contributed by atoms with Crippen LogP contribution in [0.4, 0.5) is 0 Å². The van der Waals surface area contributed by atoms with E-state index in [1.165, 1.54) is 25.1 Å². The van der Waals surface area contributed by atoms with Gasteiger partial charge in [0.05, 0.1) is 10.5 Å². The van der Waals surface area contributed by atoms with Crippen LogP contribution in [-0.2, 0) is 10.0 Å². The number of likely N-dealkylation sites (tertiary alicyclic amines) is 1. The second kappa shape index (κ2) is 6.82. The molecule has 0 bridgehead atoms. The standard InChI is InChI=1S/C17H26N2O4S/c1-12-14(16(20)21)6-5-7-15(12)24(22,23)18-13-8-10-19(11-9-13)17(2,3)4/h5-7,13,18H,8-11H2,1-4H3,(H,20,21). The predicted molar refractivity (Wildman–Crippen MR) is 92.8 cm³/mol. The molecule has 1 aliphatic heterocycles. The molecule has 2 N–H and O–H groups in total. The van der Waals surface area contributed by atoms with Crippen molar-refractivity contribution in [1.82, 2.24) is 9.62 Å². The molecular weight excluding hydrogens is 328 g/mol. The second-order valence-electron chi connectivity index (χ2n) is 7.29. The summed E-state index contributed by atoms with van der Waals surface area (Å²) in [5.41, 5.74) is 0.362. The van der Waals surface area contributed by atoms with E-state index in [0.29, 0.717) is 0 Å². The lowest BCUT2D eigenvalue weighted by molar-refractivity contribution is 0.0695. The van der Waals surface area contributed by atoms with Gasteiger partial charge in [0.1, 0.15) is 0 Å². The van der Waals surface area contributed by atoms with Gasteiger partial charge in [0.15, 0.2) is 0 Å². The third-order valence-corrected chi connectivity index (χ3v) is 6.23. The fraction of sp³-hybridized carbons (Fsp3) is 0.588. The van der Waals surface area contributed by atoms with Crippen molar-refractivity contribution in [2.75, 3.05) is 13.1 Å². The zero-order valence-electron chi connectivity index (χ0n) is 14.7. The van der Waals surface area contributed by atoms with E-state index >= 15 is 0 Å². The number of rotatable bonds is 4. The van der Waals surface area contributed by atoms with Crippen LogP contribution in [0.5, 0.6) is 0 Å². The van der Waals surface area contributed by atoms with Crippen LogP contribution in [0, 0.1) is 6.92 Å². The van der Waals surface area contributed by atoms with Crippen molar-refractivity contribution < 1.29 is 18.3 Å². The van der Waals surface area contributed by atoms with Crippen LogP contribution in [0.25, 0.3) is 0 Å². The molecule has 1 heterocycles. The highest BCUT2D eigenvalue weighted by atomic mass is 32.2. The Bertz CT molecular complexity index is 715. The van der Waals surface area contributed by atoms with Gasteiger partial charge in [-0.1, -0.05) is 6.07 Å². The Morgan fingerprint density at radius 1 is 1.25 bits per heavy atom. The third-order valence-electron chi connectivity index (χ3n) is 4.57. The summed E-state index contributed by atoms with van der Waals surface area (Å²) in [4.78, 5) is 13.6. The average molecular weight is 354 g/mol. The van der Waals surface area contributed by atoms with Gasteiger partial charge in [-0.2, -0.15) is 0 Å². The lowest BCUT2D eigenvalue weighted by Gasteiger charge is -2.40. The minimum absolute atomic E-state index is 0.0143. The van der Waals surface area contributed by atoms with Crippen LogP contribution in [0.3, 0.4) is 0 Å². The lowest BCUT2D eigenvalue weighted by Crippen LogP contribution is -2.50. The quantitative estimate of drug-likeness (QED) is 0.866. The summed E-state index contributed by atoms with van der Waals surface area (Å²) in [7, 11) is -3.73. The van der Waals surface area contributed by atoms with E-state index in [1.54, 1.807) is 0 Å². The molecule has 134 valence electrons. The molecule has 1 aliphatic rings. The van der Waals surface area contributed by atoms with Gasteiger partial charge < -0.3 is 5.11 Å². The van der Waals surface area contributed by atoms with E-state index in [-0.39, 0.29) is 27.6 Å². The number of hydrogen-bond acceptors (Lipinski definition) is 4. The normalized spacial score (nSPS) is 17.8. The fourth-order valence-corrected chi connectivity index (χ4v) is 4.66. The van der Waals surface area contributed by atoms with Crippen molar-refractivity contribution in [3.05, 3.63) is 29.3 Å². The zero-order valence-corrected chi connectivity index (χ0v) is 15.5. The van der Waals surface area contributed by atoms with Crippen LogP contribution in [-0.4, -0.2) is 49.1 Å². The molecule has 7 heteroatoms. The zero-order chi connectivity index (χ0) is 18.1. The van der Waals surface area contributed by atoms with E-state index < -0.39 is 16.0 Å². The molecule has 6 nitrogen and oxygen atoms in total. The van der Waals surface area contributed by atoms with E-state index in [9.17, 15) is 13.2 Å². The molecule has 0 aliphatic carbocycles. The Balaban J connectivity index is 2.13. The number of aromatic carboxylic acids is 1. The molecule has 1 saturated heterocycles. The molecule has 0 unspecified atom stereocenters. The van der Waals surface area contributed by atoms with E-state index in [1.807, 2.05) is 0 Å². The highest BCUT2D eigenvalue weighted by Crippen LogP contribution is 2.23. The largest absolute Gasteiger partial charge is 0.478 e. The molecule has 0 saturated carbocycles. The summed E-state index contributed by atoms with van der Waals surface area (Å²) in [5, 5.41) is 9.16. The fourth-order valence-electron chi connectivity index (χ4n) is 3.09. The van der Waals surface area contributed by atoms with Crippen molar-refractivity contribution in [2.24, 2.45) is 0 Å². The molecule has 0 atom stereocenters. The van der Waals surface area contributed by atoms with Crippen molar-refractivity contribution in [3.63, 3.8) is 0 Å². The number of carboxylic acids is 1. The monoisotopic (exact) mass is 354 g/mol. The number of hydrogen-bond donors (Lipinski definition) is 2. The molecule has 1 aromatic rings. The number of piperidine rings is 1. The number of carboxylic acid groups (broad SMARTS) is 1. The van der Waals surface area contributed by atoms with Gasteiger partial charge in [-0.15, -0.1) is 0 Å². The Hall–Kier alpha value is -1.44. The van der Waals surface area contributed by atoms with E-state index in [2.05, 4.69) is 30.4 Å². The molecular formula is C17H26N2O4S. The molecule has 2 rings (SSSR count). The van der Waals surface area contributed by atoms with E-state index in [4.69, 9.17) is 5.11 Å². The molecule has 0 amide bonds. The van der Waals surface area contributed by atoms with Gasteiger partial charge >= 0.3 is 5.97 Å². The lowest BCUT2D eigenvalue weighted by atomic mass is 9.99. The molecule has 0 spiro atoms. The topological polar surface area (TPSA) is 86.7 Å². The van der Waals surface area contributed by atoms with Gasteiger partial charge in [0, 0.05) is 24.7 Å². The molecule has 0 radical (unpaired) electrons. The SMILES string of the molecule is Cc1c(C(=O)O)cccc1S(=O)(=O)NC1CCN(C(C)(C)C)CC1. The average Bonchev–Trinajstić information content (AvgIpc) is 2.46. The summed E-state index contributed by atoms with van der Waals surface area (Å²) in [5.74, 6) is -1.12. The van der Waals surface area contributed by atoms with Crippen LogP contribution < -0.4 is 4.72 Å². The summed E-state index contributed by atoms with van der Waals surface area (Å²) in [6.45, 7) is 9.66. The van der Waals surface area contributed by atoms with Crippen LogP contribution in [0.2, 0.25) is 0 Å². The van der Waals surface area contributed by atoms with Crippen molar-refractivity contribution >= 4 is 16.0 Å². The summed E-state index contributed by atoms with van der Waals surface area (Å²) in [6.07, 6.45) is 1.49. The minimum Gasteiger partial charge on any atom is -0.478 e. The number of nitrogens with zero attached hydrogens (tertiary/aromatic N) is 1. The first-order valence-electron chi connectivity index (χ1n) is 8.12. The summed E-state index contributed by atoms with van der Waals surface area (Å²) < 4.78 is 28.1. The summed E-state index contributed by atoms with van der Waals surface area (Å²) >= 11 is 0. The van der Waals surface area contributed by atoms with Crippen molar-refractivity contribution in [3.8, 4) is 0 Å². The van der Waals surface area contributed by atoms with Crippen molar-refractivity contribution in [1.29, 1.82) is 0 Å². The Labute approximate surface area is 143 Å². The van der Waals surface area contributed by atoms with Crippen LogP contribution >= 0.6 is 0 Å². The van der Waals surface area contributed by atoms with Gasteiger partial charge in [-0.05, 0) is 58.2 Å². The van der Waals surface area contributed by atoms with Gasteiger partial charge in [-0.25, -0.2) is 17.9 Å². The maximum absolute atomic E-state index is 12.7. The van der Waals surface area contributed by atoms with E-state index in [0.717, 1.165) is 25.9 Å². The molecule has 1 fully saturated rings. The number of sulfonamides is 1. The first kappa shape index (κ1) is 18.9. The molecule has 1 aromatic carbocycles. The van der Waals surface area contributed by atoms with Gasteiger partial charge in [-0.3, -0.25) is 4.90 Å². The Morgan fingerprint density at radius 3 is 2.33 bits per heavy atom. The number of benzene rings is 1. The Kier molecular flexibility index (Phi) is 5.37.